The first-order chi connectivity index (χ1) is 7.75. The van der Waals surface area contributed by atoms with Crippen LogP contribution in [0.15, 0.2) is 4.52 Å². The molecule has 2 rings (SSSR count). The Bertz CT molecular complexity index is 319. The third-order valence-corrected chi connectivity index (χ3v) is 2.73. The van der Waals surface area contributed by atoms with Gasteiger partial charge in [0.25, 0.3) is 0 Å². The maximum atomic E-state index is 5.31. The van der Waals surface area contributed by atoms with Crippen molar-refractivity contribution in [2.45, 2.75) is 45.2 Å². The SMILES string of the molecule is CC(C)NCc1nc(C2CCOCC2)no1. The fraction of sp³-hybridized carbons (Fsp3) is 0.818. The predicted octanol–water partition coefficient (Wildman–Crippen LogP) is 1.46. The molecule has 0 radical (unpaired) electrons. The second-order valence-corrected chi connectivity index (χ2v) is 4.47. The first kappa shape index (κ1) is 11.5. The highest BCUT2D eigenvalue weighted by atomic mass is 16.5. The van der Waals surface area contributed by atoms with Gasteiger partial charge < -0.3 is 14.6 Å². The minimum absolute atomic E-state index is 0.408. The summed E-state index contributed by atoms with van der Waals surface area (Å²) in [4.78, 5) is 4.41. The molecule has 0 atom stereocenters. The molecular weight excluding hydrogens is 206 g/mol. The van der Waals surface area contributed by atoms with E-state index in [1.165, 1.54) is 0 Å². The zero-order valence-corrected chi connectivity index (χ0v) is 9.90. The molecule has 1 aromatic rings. The average Bonchev–Trinajstić information content (AvgIpc) is 2.76. The number of ether oxygens (including phenoxy) is 1. The Balaban J connectivity index is 1.90. The van der Waals surface area contributed by atoms with Gasteiger partial charge in [0, 0.05) is 25.2 Å². The molecule has 1 aliphatic heterocycles. The number of hydrogen-bond donors (Lipinski definition) is 1. The van der Waals surface area contributed by atoms with E-state index in [1.54, 1.807) is 0 Å². The van der Waals surface area contributed by atoms with Crippen LogP contribution >= 0.6 is 0 Å². The summed E-state index contributed by atoms with van der Waals surface area (Å²) in [5, 5.41) is 7.29. The topological polar surface area (TPSA) is 60.2 Å². The molecule has 1 aromatic heterocycles. The van der Waals surface area contributed by atoms with E-state index in [0.717, 1.165) is 31.9 Å². The zero-order valence-electron chi connectivity index (χ0n) is 9.90. The van der Waals surface area contributed by atoms with Gasteiger partial charge in [-0.05, 0) is 12.8 Å². The van der Waals surface area contributed by atoms with Gasteiger partial charge in [-0.25, -0.2) is 0 Å². The molecule has 90 valence electrons. The molecular formula is C11H19N3O2. The molecule has 1 N–H and O–H groups in total. The van der Waals surface area contributed by atoms with E-state index < -0.39 is 0 Å². The molecule has 0 spiro atoms. The molecule has 0 saturated carbocycles. The number of aromatic nitrogens is 2. The quantitative estimate of drug-likeness (QED) is 0.840. The summed E-state index contributed by atoms with van der Waals surface area (Å²) in [5.74, 6) is 1.92. The summed E-state index contributed by atoms with van der Waals surface area (Å²) >= 11 is 0. The molecule has 1 fully saturated rings. The minimum Gasteiger partial charge on any atom is -0.381 e. The Labute approximate surface area is 95.6 Å². The second kappa shape index (κ2) is 5.41. The lowest BCUT2D eigenvalue weighted by molar-refractivity contribution is 0.0830. The molecule has 0 aromatic carbocycles. The van der Waals surface area contributed by atoms with Crippen molar-refractivity contribution in [3.05, 3.63) is 11.7 Å². The highest BCUT2D eigenvalue weighted by Crippen LogP contribution is 2.24. The third kappa shape index (κ3) is 3.02. The van der Waals surface area contributed by atoms with Crippen molar-refractivity contribution in [1.29, 1.82) is 0 Å². The lowest BCUT2D eigenvalue weighted by Crippen LogP contribution is -2.22. The normalized spacial score (nSPS) is 18.2. The highest BCUT2D eigenvalue weighted by Gasteiger charge is 2.21. The van der Waals surface area contributed by atoms with Gasteiger partial charge in [-0.1, -0.05) is 19.0 Å². The molecule has 0 aliphatic carbocycles. The van der Waals surface area contributed by atoms with Gasteiger partial charge in [0.1, 0.15) is 0 Å². The van der Waals surface area contributed by atoms with Crippen LogP contribution in [-0.2, 0) is 11.3 Å². The number of rotatable bonds is 4. The highest BCUT2D eigenvalue weighted by molar-refractivity contribution is 4.96. The van der Waals surface area contributed by atoms with Crippen LogP contribution in [0.2, 0.25) is 0 Å². The van der Waals surface area contributed by atoms with Gasteiger partial charge in [0.05, 0.1) is 6.54 Å². The van der Waals surface area contributed by atoms with Crippen LogP contribution < -0.4 is 5.32 Å². The summed E-state index contributed by atoms with van der Waals surface area (Å²) in [6, 6.07) is 0.429. The maximum Gasteiger partial charge on any atom is 0.240 e. The van der Waals surface area contributed by atoms with Crippen molar-refractivity contribution in [3.8, 4) is 0 Å². The Morgan fingerprint density at radius 3 is 2.81 bits per heavy atom. The first-order valence-electron chi connectivity index (χ1n) is 5.89. The van der Waals surface area contributed by atoms with Gasteiger partial charge in [-0.2, -0.15) is 4.98 Å². The summed E-state index contributed by atoms with van der Waals surface area (Å²) in [6.45, 7) is 6.44. The molecule has 16 heavy (non-hydrogen) atoms. The standard InChI is InChI=1S/C11H19N3O2/c1-8(2)12-7-10-13-11(14-16-10)9-3-5-15-6-4-9/h8-9,12H,3-7H2,1-2H3. The molecule has 1 aliphatic rings. The maximum absolute atomic E-state index is 5.31. The third-order valence-electron chi connectivity index (χ3n) is 2.73. The molecule has 5 heteroatoms. The summed E-state index contributed by atoms with van der Waals surface area (Å²) in [7, 11) is 0. The average molecular weight is 225 g/mol. The smallest absolute Gasteiger partial charge is 0.240 e. The van der Waals surface area contributed by atoms with Gasteiger partial charge in [0.2, 0.25) is 5.89 Å². The monoisotopic (exact) mass is 225 g/mol. The van der Waals surface area contributed by atoms with E-state index in [9.17, 15) is 0 Å². The van der Waals surface area contributed by atoms with Crippen LogP contribution in [0.4, 0.5) is 0 Å². The Kier molecular flexibility index (Phi) is 3.90. The van der Waals surface area contributed by atoms with Gasteiger partial charge in [-0.15, -0.1) is 0 Å². The van der Waals surface area contributed by atoms with Crippen molar-refractivity contribution in [2.75, 3.05) is 13.2 Å². The Morgan fingerprint density at radius 2 is 2.12 bits per heavy atom. The van der Waals surface area contributed by atoms with Crippen LogP contribution in [0.5, 0.6) is 0 Å². The second-order valence-electron chi connectivity index (χ2n) is 4.47. The van der Waals surface area contributed by atoms with Crippen molar-refractivity contribution >= 4 is 0 Å². The van der Waals surface area contributed by atoms with E-state index >= 15 is 0 Å². The van der Waals surface area contributed by atoms with E-state index in [0.29, 0.717) is 24.4 Å². The summed E-state index contributed by atoms with van der Waals surface area (Å²) < 4.78 is 10.5. The van der Waals surface area contributed by atoms with Gasteiger partial charge in [-0.3, -0.25) is 0 Å². The zero-order chi connectivity index (χ0) is 11.4. The van der Waals surface area contributed by atoms with Crippen LogP contribution in [0.3, 0.4) is 0 Å². The predicted molar refractivity (Wildman–Crippen MR) is 59.1 cm³/mol. The molecule has 0 amide bonds. The van der Waals surface area contributed by atoms with E-state index in [1.807, 2.05) is 0 Å². The van der Waals surface area contributed by atoms with Crippen LogP contribution in [-0.4, -0.2) is 29.4 Å². The molecule has 1 saturated heterocycles. The van der Waals surface area contributed by atoms with E-state index in [-0.39, 0.29) is 0 Å². The minimum atomic E-state index is 0.408. The van der Waals surface area contributed by atoms with E-state index in [4.69, 9.17) is 9.26 Å². The van der Waals surface area contributed by atoms with E-state index in [2.05, 4.69) is 29.3 Å². The van der Waals surface area contributed by atoms with Crippen LogP contribution in [0.1, 0.15) is 44.3 Å². The lowest BCUT2D eigenvalue weighted by atomic mass is 10.00. The fourth-order valence-corrected chi connectivity index (χ4v) is 1.75. The summed E-state index contributed by atoms with van der Waals surface area (Å²) in [5.41, 5.74) is 0. The van der Waals surface area contributed by atoms with Crippen molar-refractivity contribution in [1.82, 2.24) is 15.5 Å². The lowest BCUT2D eigenvalue weighted by Gasteiger charge is -2.18. The molecule has 0 bridgehead atoms. The van der Waals surface area contributed by atoms with Gasteiger partial charge >= 0.3 is 0 Å². The van der Waals surface area contributed by atoms with Crippen LogP contribution in [0, 0.1) is 0 Å². The van der Waals surface area contributed by atoms with Crippen molar-refractivity contribution < 1.29 is 9.26 Å². The summed E-state index contributed by atoms with van der Waals surface area (Å²) in [6.07, 6.45) is 1.99. The van der Waals surface area contributed by atoms with Crippen molar-refractivity contribution in [3.63, 3.8) is 0 Å². The fourth-order valence-electron chi connectivity index (χ4n) is 1.75. The Morgan fingerprint density at radius 1 is 1.38 bits per heavy atom. The Hall–Kier alpha value is -0.940. The van der Waals surface area contributed by atoms with Crippen LogP contribution in [0.25, 0.3) is 0 Å². The molecule has 5 nitrogen and oxygen atoms in total. The largest absolute Gasteiger partial charge is 0.381 e. The molecule has 0 unspecified atom stereocenters. The number of nitrogens with one attached hydrogen (secondary N) is 1. The first-order valence-corrected chi connectivity index (χ1v) is 5.89. The van der Waals surface area contributed by atoms with Crippen molar-refractivity contribution in [2.24, 2.45) is 0 Å². The molecule has 2 heterocycles. The number of nitrogens with zero attached hydrogens (tertiary/aromatic N) is 2. The van der Waals surface area contributed by atoms with Gasteiger partial charge in [0.15, 0.2) is 5.82 Å². The number of hydrogen-bond acceptors (Lipinski definition) is 5.